The maximum atomic E-state index is 13.8. The molecule has 6 rings (SSSR count). The number of amides is 2. The highest BCUT2D eigenvalue weighted by atomic mass is 16.7. The number of nitrogens with one attached hydrogen (secondary N) is 1. The lowest BCUT2D eigenvalue weighted by Gasteiger charge is -2.31. The van der Waals surface area contributed by atoms with E-state index in [0.717, 1.165) is 85.9 Å². The summed E-state index contributed by atoms with van der Waals surface area (Å²) in [6, 6.07) is 22.4. The van der Waals surface area contributed by atoms with Crippen LogP contribution in [0, 0.1) is 0 Å². The number of hydrogen-bond donors (Lipinski definition) is 1. The molecule has 0 spiro atoms. The van der Waals surface area contributed by atoms with Gasteiger partial charge in [-0.2, -0.15) is 0 Å². The van der Waals surface area contributed by atoms with E-state index in [1.165, 1.54) is 5.56 Å². The van der Waals surface area contributed by atoms with E-state index in [1.807, 2.05) is 60.7 Å². The molecule has 10 heteroatoms. The summed E-state index contributed by atoms with van der Waals surface area (Å²) in [5.41, 5.74) is 6.00. The number of unbranched alkanes of at least 4 members (excludes halogenated alkanes) is 1. The predicted molar refractivity (Wildman–Crippen MR) is 203 cm³/mol. The van der Waals surface area contributed by atoms with Crippen molar-refractivity contribution < 1.29 is 33.3 Å². The van der Waals surface area contributed by atoms with Gasteiger partial charge >= 0.3 is 0 Å². The van der Waals surface area contributed by atoms with Crippen molar-refractivity contribution in [1.82, 2.24) is 4.90 Å². The number of benzene rings is 3. The van der Waals surface area contributed by atoms with Crippen molar-refractivity contribution in [2.45, 2.75) is 70.7 Å². The third kappa shape index (κ3) is 10.1. The Hall–Kier alpha value is -4.06. The number of carbonyl (C=O) groups is 2. The van der Waals surface area contributed by atoms with Crippen molar-refractivity contribution in [3.63, 3.8) is 0 Å². The summed E-state index contributed by atoms with van der Waals surface area (Å²) < 4.78 is 28.7. The lowest BCUT2D eigenvalue weighted by Crippen LogP contribution is -2.39. The van der Waals surface area contributed by atoms with Crippen molar-refractivity contribution in [2.75, 3.05) is 70.1 Å². The van der Waals surface area contributed by atoms with Crippen LogP contribution in [-0.2, 0) is 35.1 Å². The summed E-state index contributed by atoms with van der Waals surface area (Å²) >= 11 is 0. The van der Waals surface area contributed by atoms with E-state index >= 15 is 0 Å². The van der Waals surface area contributed by atoms with Gasteiger partial charge in [0, 0.05) is 43.6 Å². The first-order valence-electron chi connectivity index (χ1n) is 18.7. The molecule has 52 heavy (non-hydrogen) atoms. The lowest BCUT2D eigenvalue weighted by molar-refractivity contribution is -0.158. The Morgan fingerprint density at radius 1 is 0.962 bits per heavy atom. The molecule has 0 radical (unpaired) electrons. The second-order valence-electron chi connectivity index (χ2n) is 14.0. The number of rotatable bonds is 15. The average molecular weight is 712 g/mol. The van der Waals surface area contributed by atoms with Gasteiger partial charge in [0.25, 0.3) is 5.91 Å². The van der Waals surface area contributed by atoms with Crippen LogP contribution >= 0.6 is 0 Å². The zero-order valence-corrected chi connectivity index (χ0v) is 30.9. The van der Waals surface area contributed by atoms with E-state index in [4.69, 9.17) is 23.7 Å². The van der Waals surface area contributed by atoms with Crippen LogP contribution in [0.1, 0.15) is 63.5 Å². The second-order valence-corrected chi connectivity index (χ2v) is 14.0. The van der Waals surface area contributed by atoms with Crippen molar-refractivity contribution in [3.05, 3.63) is 83.4 Å². The van der Waals surface area contributed by atoms with E-state index in [1.54, 1.807) is 11.8 Å². The third-order valence-corrected chi connectivity index (χ3v) is 9.95. The normalized spacial score (nSPS) is 18.4. The number of carbonyl (C=O) groups excluding carboxylic acids is 2. The maximum absolute atomic E-state index is 13.8. The molecule has 0 aromatic heterocycles. The number of fused-ring (bicyclic) bond motifs is 1. The van der Waals surface area contributed by atoms with Crippen molar-refractivity contribution in [2.24, 2.45) is 0 Å². The Kier molecular flexibility index (Phi) is 13.1. The monoisotopic (exact) mass is 711 g/mol. The van der Waals surface area contributed by atoms with Crippen molar-refractivity contribution in [1.29, 1.82) is 0 Å². The molecule has 2 amide bonds. The number of nitrogens with zero attached hydrogens (tertiary/aromatic N) is 2. The second kappa shape index (κ2) is 18.1. The minimum absolute atomic E-state index is 0.0795. The van der Waals surface area contributed by atoms with E-state index in [0.29, 0.717) is 51.0 Å². The first-order chi connectivity index (χ1) is 25.3. The first-order valence-corrected chi connectivity index (χ1v) is 18.7. The topological polar surface area (TPSA) is 98.8 Å². The van der Waals surface area contributed by atoms with Crippen LogP contribution in [0.4, 0.5) is 11.4 Å². The Morgan fingerprint density at radius 3 is 2.46 bits per heavy atom. The molecular formula is C42H53N3O7. The Bertz CT molecular complexity index is 1660. The maximum Gasteiger partial charge on any atom is 0.251 e. The number of ether oxygens (including phenoxy) is 5. The summed E-state index contributed by atoms with van der Waals surface area (Å²) in [7, 11) is 2.13. The third-order valence-electron chi connectivity index (χ3n) is 9.95. The van der Waals surface area contributed by atoms with Crippen molar-refractivity contribution >= 4 is 29.3 Å². The smallest absolute Gasteiger partial charge is 0.251 e. The Balaban J connectivity index is 1.17. The van der Waals surface area contributed by atoms with Gasteiger partial charge < -0.3 is 33.9 Å². The minimum atomic E-state index is -0.965. The first kappa shape index (κ1) is 37.7. The predicted octanol–water partition coefficient (Wildman–Crippen LogP) is 7.07. The van der Waals surface area contributed by atoms with Gasteiger partial charge in [0.15, 0.2) is 5.79 Å². The summed E-state index contributed by atoms with van der Waals surface area (Å²) in [6.07, 6.45) is 6.78. The van der Waals surface area contributed by atoms with Crippen LogP contribution in [0.5, 0.6) is 5.75 Å². The van der Waals surface area contributed by atoms with E-state index in [2.05, 4.69) is 36.3 Å². The van der Waals surface area contributed by atoms with Gasteiger partial charge in [-0.05, 0) is 104 Å². The van der Waals surface area contributed by atoms with Crippen LogP contribution in [-0.4, -0.2) is 88.4 Å². The summed E-state index contributed by atoms with van der Waals surface area (Å²) in [5, 5.41) is 3.10. The molecular weight excluding hydrogens is 658 g/mol. The molecule has 0 bridgehead atoms. The SMILES string of the molecule is CCCCOCCOc1ccc(-c2ccc3c(c2)C=C(C(=O)Nc2ccc(CN(C)C4CCCOC4)cc2)CCN3C(=O)CC2(C)OCCO2)cc1. The number of hydrogen-bond acceptors (Lipinski definition) is 8. The fourth-order valence-electron chi connectivity index (χ4n) is 6.88. The molecule has 2 fully saturated rings. The summed E-state index contributed by atoms with van der Waals surface area (Å²) in [4.78, 5) is 31.7. The molecule has 10 nitrogen and oxygen atoms in total. The van der Waals surface area contributed by atoms with Crippen LogP contribution < -0.4 is 15.0 Å². The van der Waals surface area contributed by atoms with E-state index < -0.39 is 5.79 Å². The van der Waals surface area contributed by atoms with Gasteiger partial charge in [-0.3, -0.25) is 14.5 Å². The average Bonchev–Trinajstić information content (AvgIpc) is 3.49. The van der Waals surface area contributed by atoms with E-state index in [9.17, 15) is 9.59 Å². The molecule has 2 saturated heterocycles. The zero-order valence-electron chi connectivity index (χ0n) is 30.9. The highest BCUT2D eigenvalue weighted by Gasteiger charge is 2.36. The molecule has 3 heterocycles. The highest BCUT2D eigenvalue weighted by molar-refractivity contribution is 6.08. The Morgan fingerprint density at radius 2 is 1.73 bits per heavy atom. The number of anilines is 2. The molecule has 3 aliphatic rings. The van der Waals surface area contributed by atoms with Crippen LogP contribution in [0.2, 0.25) is 0 Å². The summed E-state index contributed by atoms with van der Waals surface area (Å²) in [6.45, 7) is 9.45. The van der Waals surface area contributed by atoms with Gasteiger partial charge in [0.2, 0.25) is 5.91 Å². The van der Waals surface area contributed by atoms with Crippen LogP contribution in [0.25, 0.3) is 17.2 Å². The molecule has 3 aliphatic heterocycles. The fraction of sp³-hybridized carbons (Fsp3) is 0.476. The molecule has 1 atom stereocenters. The molecule has 278 valence electrons. The van der Waals surface area contributed by atoms with Gasteiger partial charge in [0.1, 0.15) is 12.4 Å². The molecule has 0 aliphatic carbocycles. The lowest BCUT2D eigenvalue weighted by atomic mass is 10.00. The van der Waals surface area contributed by atoms with Crippen LogP contribution in [0.3, 0.4) is 0 Å². The molecule has 0 saturated carbocycles. The van der Waals surface area contributed by atoms with Crippen molar-refractivity contribution in [3.8, 4) is 16.9 Å². The summed E-state index contributed by atoms with van der Waals surface area (Å²) in [5.74, 6) is -0.497. The zero-order chi connectivity index (χ0) is 36.3. The largest absolute Gasteiger partial charge is 0.491 e. The molecule has 3 aromatic carbocycles. The van der Waals surface area contributed by atoms with Gasteiger partial charge in [-0.15, -0.1) is 0 Å². The standard InChI is InChI=1S/C42H53N3O7/c1-4-5-20-48-22-23-50-38-15-10-32(11-16-38)33-12-17-39-35(26-33)27-34(18-19-45(39)40(46)28-42(2)51-24-25-52-42)41(47)43-36-13-8-31(9-14-36)29-44(3)37-7-6-21-49-30-37/h8-17,26-27,37H,4-7,18-25,28-30H2,1-3H3,(H,43,47). The van der Waals surface area contributed by atoms with Gasteiger partial charge in [-0.1, -0.05) is 43.7 Å². The minimum Gasteiger partial charge on any atom is -0.491 e. The van der Waals surface area contributed by atoms with Crippen LogP contribution in [0.15, 0.2) is 72.3 Å². The quantitative estimate of drug-likeness (QED) is 0.167. The van der Waals surface area contributed by atoms with Gasteiger partial charge in [0.05, 0.1) is 38.5 Å². The Labute approximate surface area is 308 Å². The molecule has 1 unspecified atom stereocenters. The fourth-order valence-corrected chi connectivity index (χ4v) is 6.88. The van der Waals surface area contributed by atoms with E-state index in [-0.39, 0.29) is 18.2 Å². The van der Waals surface area contributed by atoms with Gasteiger partial charge in [-0.25, -0.2) is 0 Å². The molecule has 3 aromatic rings. The molecule has 1 N–H and O–H groups in total. The highest BCUT2D eigenvalue weighted by Crippen LogP contribution is 2.35. The number of likely N-dealkylation sites (N-methyl/N-ethyl adjacent to an activating group) is 1.